The zero-order valence-electron chi connectivity index (χ0n) is 14.9. The van der Waals surface area contributed by atoms with Gasteiger partial charge in [-0.25, -0.2) is 4.79 Å². The summed E-state index contributed by atoms with van der Waals surface area (Å²) in [6.07, 6.45) is -0.696. The monoisotopic (exact) mass is 351 g/mol. The summed E-state index contributed by atoms with van der Waals surface area (Å²) >= 11 is 0. The van der Waals surface area contributed by atoms with E-state index in [1.807, 2.05) is 44.2 Å². The third kappa shape index (κ3) is 3.47. The maximum absolute atomic E-state index is 12.5. The van der Waals surface area contributed by atoms with Crippen LogP contribution in [-0.2, 0) is 11.2 Å². The van der Waals surface area contributed by atoms with E-state index in [0.717, 1.165) is 16.7 Å². The van der Waals surface area contributed by atoms with Crippen molar-refractivity contribution in [1.29, 1.82) is 0 Å². The molecule has 0 saturated carbocycles. The largest absolute Gasteiger partial charge is 0.546 e. The van der Waals surface area contributed by atoms with Gasteiger partial charge < -0.3 is 19.1 Å². The maximum Gasteiger partial charge on any atom is 0.340 e. The van der Waals surface area contributed by atoms with Gasteiger partial charge in [-0.15, -0.1) is 0 Å². The SMILES string of the molecule is Cc1cc(O[C@H](C)C(=O)[O-])c2c(C)c(Cc3ccccc3)c(=O)oc2c1. The molecule has 1 aromatic heterocycles. The van der Waals surface area contributed by atoms with Gasteiger partial charge in [0.2, 0.25) is 0 Å². The number of aliphatic carboxylic acids is 1. The summed E-state index contributed by atoms with van der Waals surface area (Å²) in [5.41, 5.74) is 3.02. The Morgan fingerprint density at radius 3 is 2.54 bits per heavy atom. The fourth-order valence-electron chi connectivity index (χ4n) is 2.97. The molecular weight excluding hydrogens is 332 g/mol. The average Bonchev–Trinajstić information content (AvgIpc) is 2.58. The van der Waals surface area contributed by atoms with Crippen LogP contribution in [0, 0.1) is 13.8 Å². The number of carbonyl (C=O) groups is 1. The zero-order chi connectivity index (χ0) is 18.8. The van der Waals surface area contributed by atoms with Crippen LogP contribution in [0.1, 0.15) is 29.2 Å². The first-order valence-corrected chi connectivity index (χ1v) is 8.35. The minimum absolute atomic E-state index is 0.368. The maximum atomic E-state index is 12.5. The van der Waals surface area contributed by atoms with E-state index in [4.69, 9.17) is 9.15 Å². The van der Waals surface area contributed by atoms with Crippen molar-refractivity contribution in [2.45, 2.75) is 33.3 Å². The van der Waals surface area contributed by atoms with E-state index in [0.29, 0.717) is 28.7 Å². The number of carbonyl (C=O) groups excluding carboxylic acids is 1. The van der Waals surface area contributed by atoms with Crippen LogP contribution in [0.2, 0.25) is 0 Å². The number of fused-ring (bicyclic) bond motifs is 1. The molecule has 0 aliphatic rings. The first-order chi connectivity index (χ1) is 12.4. The summed E-state index contributed by atoms with van der Waals surface area (Å²) < 4.78 is 11.1. The summed E-state index contributed by atoms with van der Waals surface area (Å²) in [6, 6.07) is 13.1. The van der Waals surface area contributed by atoms with E-state index in [1.165, 1.54) is 6.92 Å². The van der Waals surface area contributed by atoms with Crippen LogP contribution in [0.4, 0.5) is 0 Å². The molecule has 0 radical (unpaired) electrons. The molecule has 26 heavy (non-hydrogen) atoms. The molecule has 0 bridgehead atoms. The van der Waals surface area contributed by atoms with Gasteiger partial charge in [0.15, 0.2) is 0 Å². The molecule has 0 N–H and O–H groups in total. The molecular formula is C21H19O5-. The molecule has 134 valence electrons. The lowest BCUT2D eigenvalue weighted by atomic mass is 9.98. The topological polar surface area (TPSA) is 79.6 Å². The van der Waals surface area contributed by atoms with Gasteiger partial charge in [0, 0.05) is 12.0 Å². The van der Waals surface area contributed by atoms with Gasteiger partial charge in [-0.3, -0.25) is 0 Å². The molecule has 5 heteroatoms. The quantitative estimate of drug-likeness (QED) is 0.660. The van der Waals surface area contributed by atoms with Gasteiger partial charge in [0.05, 0.1) is 11.4 Å². The number of carboxylic acid groups (broad SMARTS) is 1. The summed E-state index contributed by atoms with van der Waals surface area (Å²) in [4.78, 5) is 23.6. The fourth-order valence-corrected chi connectivity index (χ4v) is 2.97. The second-order valence-electron chi connectivity index (χ2n) is 6.37. The molecule has 0 spiro atoms. The normalized spacial score (nSPS) is 12.1. The van der Waals surface area contributed by atoms with Gasteiger partial charge in [0.1, 0.15) is 17.4 Å². The van der Waals surface area contributed by atoms with E-state index in [-0.39, 0.29) is 0 Å². The Balaban J connectivity index is 2.18. The molecule has 5 nitrogen and oxygen atoms in total. The van der Waals surface area contributed by atoms with Gasteiger partial charge in [-0.1, -0.05) is 30.3 Å². The van der Waals surface area contributed by atoms with Crippen molar-refractivity contribution in [2.24, 2.45) is 0 Å². The van der Waals surface area contributed by atoms with Crippen LogP contribution in [0.5, 0.6) is 5.75 Å². The lowest BCUT2D eigenvalue weighted by molar-refractivity contribution is -0.312. The summed E-state index contributed by atoms with van der Waals surface area (Å²) in [5, 5.41) is 11.7. The summed E-state index contributed by atoms with van der Waals surface area (Å²) in [5.74, 6) is -0.938. The van der Waals surface area contributed by atoms with E-state index in [1.54, 1.807) is 12.1 Å². The van der Waals surface area contributed by atoms with Crippen molar-refractivity contribution in [2.75, 3.05) is 0 Å². The lowest BCUT2D eigenvalue weighted by Crippen LogP contribution is -2.37. The van der Waals surface area contributed by atoms with Crippen molar-refractivity contribution in [1.82, 2.24) is 0 Å². The highest BCUT2D eigenvalue weighted by atomic mass is 16.5. The molecule has 1 atom stereocenters. The molecule has 1 heterocycles. The third-order valence-corrected chi connectivity index (χ3v) is 4.35. The van der Waals surface area contributed by atoms with Crippen LogP contribution in [0.15, 0.2) is 51.7 Å². The number of benzene rings is 2. The summed E-state index contributed by atoms with van der Waals surface area (Å²) in [6.45, 7) is 5.05. The highest BCUT2D eigenvalue weighted by Crippen LogP contribution is 2.32. The number of hydrogen-bond donors (Lipinski definition) is 0. The molecule has 0 saturated heterocycles. The summed E-state index contributed by atoms with van der Waals surface area (Å²) in [7, 11) is 0. The van der Waals surface area contributed by atoms with Gasteiger partial charge in [-0.2, -0.15) is 0 Å². The van der Waals surface area contributed by atoms with Crippen LogP contribution >= 0.6 is 0 Å². The van der Waals surface area contributed by atoms with E-state index in [2.05, 4.69) is 0 Å². The Morgan fingerprint density at radius 1 is 1.19 bits per heavy atom. The van der Waals surface area contributed by atoms with Crippen molar-refractivity contribution >= 4 is 16.9 Å². The van der Waals surface area contributed by atoms with Crippen LogP contribution in [0.25, 0.3) is 11.0 Å². The number of carboxylic acids is 1. The minimum atomic E-state index is -1.31. The molecule has 0 fully saturated rings. The first-order valence-electron chi connectivity index (χ1n) is 8.35. The third-order valence-electron chi connectivity index (χ3n) is 4.35. The molecule has 0 unspecified atom stereocenters. The highest BCUT2D eigenvalue weighted by Gasteiger charge is 2.18. The Morgan fingerprint density at radius 2 is 1.88 bits per heavy atom. The minimum Gasteiger partial charge on any atom is -0.546 e. The highest BCUT2D eigenvalue weighted by molar-refractivity contribution is 5.88. The molecule has 2 aromatic carbocycles. The van der Waals surface area contributed by atoms with Gasteiger partial charge in [0.25, 0.3) is 0 Å². The second-order valence-corrected chi connectivity index (χ2v) is 6.37. The smallest absolute Gasteiger partial charge is 0.340 e. The van der Waals surface area contributed by atoms with Crippen molar-refractivity contribution in [3.63, 3.8) is 0 Å². The fraction of sp³-hybridized carbons (Fsp3) is 0.238. The molecule has 3 rings (SSSR count). The van der Waals surface area contributed by atoms with Gasteiger partial charge >= 0.3 is 5.63 Å². The second kappa shape index (κ2) is 7.04. The number of aryl methyl sites for hydroxylation is 2. The molecule has 0 aliphatic heterocycles. The van der Waals surface area contributed by atoms with E-state index in [9.17, 15) is 14.7 Å². The van der Waals surface area contributed by atoms with Crippen molar-refractivity contribution < 1.29 is 19.1 Å². The zero-order valence-corrected chi connectivity index (χ0v) is 14.9. The lowest BCUT2D eigenvalue weighted by Gasteiger charge is -2.19. The number of hydrogen-bond acceptors (Lipinski definition) is 5. The van der Waals surface area contributed by atoms with Crippen LogP contribution in [0.3, 0.4) is 0 Å². The van der Waals surface area contributed by atoms with Gasteiger partial charge in [-0.05, 0) is 49.6 Å². The molecule has 0 amide bonds. The first kappa shape index (κ1) is 17.7. The predicted molar refractivity (Wildman–Crippen MR) is 96.3 cm³/mol. The Labute approximate surface area is 150 Å². The Hall–Kier alpha value is -3.08. The number of ether oxygens (including phenoxy) is 1. The molecule has 3 aromatic rings. The van der Waals surface area contributed by atoms with Crippen LogP contribution in [-0.4, -0.2) is 12.1 Å². The average molecular weight is 351 g/mol. The Kier molecular flexibility index (Phi) is 4.80. The molecule has 0 aliphatic carbocycles. The van der Waals surface area contributed by atoms with Crippen molar-refractivity contribution in [3.8, 4) is 5.75 Å². The van der Waals surface area contributed by atoms with E-state index < -0.39 is 17.7 Å². The Bertz CT molecular complexity index is 1020. The van der Waals surface area contributed by atoms with Crippen LogP contribution < -0.4 is 15.5 Å². The predicted octanol–water partition coefficient (Wildman–Crippen LogP) is 2.52. The van der Waals surface area contributed by atoms with Crippen molar-refractivity contribution in [3.05, 3.63) is 75.1 Å². The van der Waals surface area contributed by atoms with E-state index >= 15 is 0 Å². The standard InChI is InChI=1S/C21H20O5/c1-12-9-17(25-14(3)20(22)23)19-13(2)16(21(24)26-18(19)10-12)11-15-7-5-4-6-8-15/h4-10,14H,11H2,1-3H3,(H,22,23)/p-1/t14-/m1/s1. The number of rotatable bonds is 5.